The van der Waals surface area contributed by atoms with E-state index in [1.807, 2.05) is 18.7 Å². The Hall–Kier alpha value is -1.66. The van der Waals surface area contributed by atoms with Crippen LogP contribution in [0.4, 0.5) is 0 Å². The van der Waals surface area contributed by atoms with E-state index in [1.54, 1.807) is 18.3 Å². The molecular formula is C18H27N3O3. The van der Waals surface area contributed by atoms with Gasteiger partial charge in [0, 0.05) is 44.5 Å². The summed E-state index contributed by atoms with van der Waals surface area (Å²) in [7, 11) is 0. The third-order valence-corrected chi connectivity index (χ3v) is 4.71. The molecule has 0 bridgehead atoms. The first kappa shape index (κ1) is 17.2. The van der Waals surface area contributed by atoms with Gasteiger partial charge < -0.3 is 14.4 Å². The van der Waals surface area contributed by atoms with E-state index in [0.29, 0.717) is 23.4 Å². The van der Waals surface area contributed by atoms with Gasteiger partial charge in [-0.25, -0.2) is 4.98 Å². The summed E-state index contributed by atoms with van der Waals surface area (Å²) >= 11 is 0. The molecule has 0 N–H and O–H groups in total. The molecule has 3 rings (SSSR count). The lowest BCUT2D eigenvalue weighted by Crippen LogP contribution is -2.47. The third kappa shape index (κ3) is 3.87. The quantitative estimate of drug-likeness (QED) is 0.839. The van der Waals surface area contributed by atoms with Crippen molar-refractivity contribution < 1.29 is 14.3 Å². The van der Waals surface area contributed by atoms with Gasteiger partial charge in [-0.15, -0.1) is 0 Å². The van der Waals surface area contributed by atoms with E-state index in [1.165, 1.54) is 0 Å². The molecule has 24 heavy (non-hydrogen) atoms. The van der Waals surface area contributed by atoms with Crippen molar-refractivity contribution >= 4 is 5.91 Å². The highest BCUT2D eigenvalue weighted by atomic mass is 16.5. The Morgan fingerprint density at radius 1 is 1.29 bits per heavy atom. The standard InChI is InChI=1S/C18H27N3O3/c1-13(2)24-17-5-4-15(10-19-17)18(22)21-11-14(3)16(12-21)20-6-8-23-9-7-20/h4-5,10,13-14,16H,6-9,11-12H2,1-3H3/t14-,16-/m0/s1. The van der Waals surface area contributed by atoms with Gasteiger partial charge in [-0.1, -0.05) is 6.92 Å². The van der Waals surface area contributed by atoms with Gasteiger partial charge in [0.25, 0.3) is 5.91 Å². The Morgan fingerprint density at radius 3 is 2.67 bits per heavy atom. The molecule has 2 aliphatic rings. The molecule has 6 nitrogen and oxygen atoms in total. The van der Waals surface area contributed by atoms with Crippen LogP contribution in [0.1, 0.15) is 31.1 Å². The van der Waals surface area contributed by atoms with Crippen LogP contribution in [0.25, 0.3) is 0 Å². The second-order valence-electron chi connectivity index (χ2n) is 6.95. The Morgan fingerprint density at radius 2 is 2.04 bits per heavy atom. The predicted molar refractivity (Wildman–Crippen MR) is 91.2 cm³/mol. The topological polar surface area (TPSA) is 54.9 Å². The maximum atomic E-state index is 12.8. The van der Waals surface area contributed by atoms with Crippen LogP contribution in [0.2, 0.25) is 0 Å². The molecule has 0 radical (unpaired) electrons. The fourth-order valence-corrected chi connectivity index (χ4v) is 3.50. The normalized spacial score (nSPS) is 25.2. The van der Waals surface area contributed by atoms with E-state index in [0.717, 1.165) is 39.4 Å². The number of pyridine rings is 1. The van der Waals surface area contributed by atoms with Gasteiger partial charge in [0.05, 0.1) is 24.9 Å². The molecule has 0 unspecified atom stereocenters. The average molecular weight is 333 g/mol. The summed E-state index contributed by atoms with van der Waals surface area (Å²) in [6.45, 7) is 11.2. The van der Waals surface area contributed by atoms with Crippen LogP contribution in [0.15, 0.2) is 18.3 Å². The van der Waals surface area contributed by atoms with Crippen molar-refractivity contribution in [3.05, 3.63) is 23.9 Å². The highest BCUT2D eigenvalue weighted by Gasteiger charge is 2.36. The summed E-state index contributed by atoms with van der Waals surface area (Å²) in [5.41, 5.74) is 0.626. The monoisotopic (exact) mass is 333 g/mol. The van der Waals surface area contributed by atoms with Crippen molar-refractivity contribution in [1.29, 1.82) is 0 Å². The Kier molecular flexibility index (Phi) is 5.36. The first-order valence-electron chi connectivity index (χ1n) is 8.78. The van der Waals surface area contributed by atoms with E-state index in [2.05, 4.69) is 16.8 Å². The van der Waals surface area contributed by atoms with Crippen molar-refractivity contribution in [2.24, 2.45) is 5.92 Å². The highest BCUT2D eigenvalue weighted by Crippen LogP contribution is 2.24. The van der Waals surface area contributed by atoms with Crippen molar-refractivity contribution in [3.8, 4) is 5.88 Å². The number of carbonyl (C=O) groups is 1. The molecule has 0 saturated carbocycles. The largest absolute Gasteiger partial charge is 0.475 e. The van der Waals surface area contributed by atoms with Gasteiger partial charge in [0.15, 0.2) is 0 Å². The Bertz CT molecular complexity index is 555. The van der Waals surface area contributed by atoms with Crippen molar-refractivity contribution in [2.45, 2.75) is 32.9 Å². The van der Waals surface area contributed by atoms with Crippen molar-refractivity contribution in [1.82, 2.24) is 14.8 Å². The maximum Gasteiger partial charge on any atom is 0.255 e. The molecule has 6 heteroatoms. The fourth-order valence-electron chi connectivity index (χ4n) is 3.50. The maximum absolute atomic E-state index is 12.8. The predicted octanol–water partition coefficient (Wildman–Crippen LogP) is 1.66. The second kappa shape index (κ2) is 7.49. The lowest BCUT2D eigenvalue weighted by Gasteiger charge is -2.33. The minimum atomic E-state index is 0.0567. The van der Waals surface area contributed by atoms with Crippen LogP contribution in [0.5, 0.6) is 5.88 Å². The first-order chi connectivity index (χ1) is 11.5. The summed E-state index contributed by atoms with van der Waals surface area (Å²) < 4.78 is 11.0. The number of ether oxygens (including phenoxy) is 2. The highest BCUT2D eigenvalue weighted by molar-refractivity contribution is 5.94. The number of hydrogen-bond acceptors (Lipinski definition) is 5. The molecule has 2 atom stereocenters. The zero-order valence-corrected chi connectivity index (χ0v) is 14.8. The molecule has 1 amide bonds. The number of likely N-dealkylation sites (tertiary alicyclic amines) is 1. The number of nitrogens with zero attached hydrogens (tertiary/aromatic N) is 3. The zero-order chi connectivity index (χ0) is 17.1. The number of amides is 1. The Balaban J connectivity index is 1.62. The summed E-state index contributed by atoms with van der Waals surface area (Å²) in [5, 5.41) is 0. The van der Waals surface area contributed by atoms with E-state index in [-0.39, 0.29) is 12.0 Å². The zero-order valence-electron chi connectivity index (χ0n) is 14.8. The van der Waals surface area contributed by atoms with Gasteiger partial charge in [-0.2, -0.15) is 0 Å². The van der Waals surface area contributed by atoms with Gasteiger partial charge in [0.2, 0.25) is 5.88 Å². The smallest absolute Gasteiger partial charge is 0.255 e. The molecule has 2 saturated heterocycles. The molecule has 3 heterocycles. The number of hydrogen-bond donors (Lipinski definition) is 0. The summed E-state index contributed by atoms with van der Waals surface area (Å²) in [4.78, 5) is 21.4. The summed E-state index contributed by atoms with van der Waals surface area (Å²) in [5.74, 6) is 1.09. The van der Waals surface area contributed by atoms with E-state index < -0.39 is 0 Å². The molecule has 2 fully saturated rings. The molecule has 1 aromatic heterocycles. The summed E-state index contributed by atoms with van der Waals surface area (Å²) in [6, 6.07) is 4.00. The minimum Gasteiger partial charge on any atom is -0.475 e. The van der Waals surface area contributed by atoms with Crippen molar-refractivity contribution in [3.63, 3.8) is 0 Å². The van der Waals surface area contributed by atoms with Gasteiger partial charge >= 0.3 is 0 Å². The van der Waals surface area contributed by atoms with Crippen LogP contribution >= 0.6 is 0 Å². The molecule has 0 aliphatic carbocycles. The van der Waals surface area contributed by atoms with E-state index in [9.17, 15) is 4.79 Å². The lowest BCUT2D eigenvalue weighted by atomic mass is 10.0. The van der Waals surface area contributed by atoms with Crippen LogP contribution < -0.4 is 4.74 Å². The number of morpholine rings is 1. The number of carbonyl (C=O) groups excluding carboxylic acids is 1. The van der Waals surface area contributed by atoms with Gasteiger partial charge in [0.1, 0.15) is 0 Å². The van der Waals surface area contributed by atoms with Crippen LogP contribution in [0.3, 0.4) is 0 Å². The third-order valence-electron chi connectivity index (χ3n) is 4.71. The molecular weight excluding hydrogens is 306 g/mol. The number of rotatable bonds is 4. The van der Waals surface area contributed by atoms with E-state index in [4.69, 9.17) is 9.47 Å². The van der Waals surface area contributed by atoms with Crippen molar-refractivity contribution in [2.75, 3.05) is 39.4 Å². The first-order valence-corrected chi connectivity index (χ1v) is 8.78. The molecule has 0 spiro atoms. The summed E-state index contributed by atoms with van der Waals surface area (Å²) in [6.07, 6.45) is 1.69. The average Bonchev–Trinajstić information content (AvgIpc) is 2.97. The molecule has 1 aromatic rings. The fraction of sp³-hybridized carbons (Fsp3) is 0.667. The number of aromatic nitrogens is 1. The van der Waals surface area contributed by atoms with Crippen LogP contribution in [0, 0.1) is 5.92 Å². The lowest BCUT2D eigenvalue weighted by molar-refractivity contribution is 0.0119. The SMILES string of the molecule is CC(C)Oc1ccc(C(=O)N2C[C@H](C)[C@@H](N3CCOCC3)C2)cn1. The minimum absolute atomic E-state index is 0.0567. The van der Waals surface area contributed by atoms with Gasteiger partial charge in [-0.3, -0.25) is 9.69 Å². The van der Waals surface area contributed by atoms with Crippen LogP contribution in [-0.4, -0.2) is 72.2 Å². The Labute approximate surface area is 143 Å². The molecule has 132 valence electrons. The van der Waals surface area contributed by atoms with E-state index >= 15 is 0 Å². The van der Waals surface area contributed by atoms with Gasteiger partial charge in [-0.05, 0) is 25.8 Å². The molecule has 0 aromatic carbocycles. The second-order valence-corrected chi connectivity index (χ2v) is 6.95. The molecule has 2 aliphatic heterocycles. The van der Waals surface area contributed by atoms with Crippen LogP contribution in [-0.2, 0) is 4.74 Å².